The Kier molecular flexibility index (Phi) is 6.13. The van der Waals surface area contributed by atoms with Crippen LogP contribution in [0.4, 0.5) is 5.82 Å². The largest absolute Gasteiger partial charge is 0.495 e. The maximum absolute atomic E-state index is 13.0. The Morgan fingerprint density at radius 3 is 2.42 bits per heavy atom. The molecule has 0 N–H and O–H groups in total. The van der Waals surface area contributed by atoms with Gasteiger partial charge in [0.1, 0.15) is 17.9 Å². The highest BCUT2D eigenvalue weighted by Crippen LogP contribution is 2.29. The van der Waals surface area contributed by atoms with Gasteiger partial charge in [0, 0.05) is 37.8 Å². The minimum atomic E-state index is -3.64. The van der Waals surface area contributed by atoms with E-state index in [2.05, 4.69) is 14.9 Å². The van der Waals surface area contributed by atoms with Crippen molar-refractivity contribution in [2.45, 2.75) is 11.8 Å². The number of anilines is 1. The van der Waals surface area contributed by atoms with E-state index in [1.807, 2.05) is 37.3 Å². The third-order valence-electron chi connectivity index (χ3n) is 5.40. The molecule has 0 atom stereocenters. The number of benzene rings is 2. The van der Waals surface area contributed by atoms with Crippen molar-refractivity contribution in [2.24, 2.45) is 0 Å². The smallest absolute Gasteiger partial charge is 0.243 e. The molecule has 0 aliphatic carbocycles. The van der Waals surface area contributed by atoms with Crippen molar-refractivity contribution < 1.29 is 13.2 Å². The molecule has 31 heavy (non-hydrogen) atoms. The maximum Gasteiger partial charge on any atom is 0.243 e. The molecule has 0 unspecified atom stereocenters. The molecule has 0 radical (unpaired) electrons. The maximum atomic E-state index is 13.0. The summed E-state index contributed by atoms with van der Waals surface area (Å²) in [6.07, 6.45) is 1.56. The number of sulfonamides is 1. The van der Waals surface area contributed by atoms with Gasteiger partial charge in [-0.05, 0) is 30.7 Å². The van der Waals surface area contributed by atoms with Gasteiger partial charge in [0.25, 0.3) is 0 Å². The number of aryl methyl sites for hydroxylation is 1. The second kappa shape index (κ2) is 8.82. The highest BCUT2D eigenvalue weighted by molar-refractivity contribution is 7.89. The summed E-state index contributed by atoms with van der Waals surface area (Å²) in [5.41, 5.74) is 3.05. The van der Waals surface area contributed by atoms with Gasteiger partial charge in [-0.2, -0.15) is 4.31 Å². The topological polar surface area (TPSA) is 75.6 Å². The molecule has 2 heterocycles. The van der Waals surface area contributed by atoms with Crippen LogP contribution in [0.1, 0.15) is 5.56 Å². The van der Waals surface area contributed by atoms with E-state index >= 15 is 0 Å². The molecular formula is C22H23ClN4O3S. The van der Waals surface area contributed by atoms with Crippen molar-refractivity contribution in [1.29, 1.82) is 0 Å². The Hall–Kier alpha value is -2.68. The average molecular weight is 459 g/mol. The van der Waals surface area contributed by atoms with Gasteiger partial charge in [0.15, 0.2) is 0 Å². The molecule has 9 heteroatoms. The van der Waals surface area contributed by atoms with Crippen LogP contribution in [0.3, 0.4) is 0 Å². The number of hydrogen-bond donors (Lipinski definition) is 0. The summed E-state index contributed by atoms with van der Waals surface area (Å²) >= 11 is 6.12. The van der Waals surface area contributed by atoms with Crippen LogP contribution in [0.5, 0.6) is 5.75 Å². The zero-order valence-electron chi connectivity index (χ0n) is 17.3. The predicted octanol–water partition coefficient (Wildman–Crippen LogP) is 3.62. The first-order valence-electron chi connectivity index (χ1n) is 9.87. The molecule has 162 valence electrons. The first-order chi connectivity index (χ1) is 14.9. The molecule has 2 aromatic carbocycles. The summed E-state index contributed by atoms with van der Waals surface area (Å²) in [5.74, 6) is 1.23. The van der Waals surface area contributed by atoms with Crippen LogP contribution in [0.2, 0.25) is 5.02 Å². The SMILES string of the molecule is COc1ccc(S(=O)(=O)N2CCN(c3cc(-c4ccccc4C)ncn3)CC2)cc1Cl. The highest BCUT2D eigenvalue weighted by atomic mass is 35.5. The average Bonchev–Trinajstić information content (AvgIpc) is 2.79. The van der Waals surface area contributed by atoms with Gasteiger partial charge >= 0.3 is 0 Å². The Morgan fingerprint density at radius 1 is 1.00 bits per heavy atom. The monoisotopic (exact) mass is 458 g/mol. The van der Waals surface area contributed by atoms with E-state index in [0.717, 1.165) is 22.6 Å². The number of methoxy groups -OCH3 is 1. The molecule has 1 aliphatic rings. The van der Waals surface area contributed by atoms with Crippen LogP contribution in [0.25, 0.3) is 11.3 Å². The Balaban J connectivity index is 1.49. The standard InChI is InChI=1S/C22H23ClN4O3S/c1-16-5-3-4-6-18(16)20-14-22(25-15-24-20)26-9-11-27(12-10-26)31(28,29)17-7-8-21(30-2)19(23)13-17/h3-8,13-15H,9-12H2,1-2H3. The highest BCUT2D eigenvalue weighted by Gasteiger charge is 2.29. The number of ether oxygens (including phenoxy) is 1. The molecule has 4 rings (SSSR count). The molecule has 7 nitrogen and oxygen atoms in total. The molecule has 1 aromatic heterocycles. The van der Waals surface area contributed by atoms with Crippen LogP contribution in [-0.4, -0.2) is 56.0 Å². The zero-order chi connectivity index (χ0) is 22.0. The van der Waals surface area contributed by atoms with Crippen molar-refractivity contribution in [1.82, 2.24) is 14.3 Å². The van der Waals surface area contributed by atoms with Gasteiger partial charge in [-0.1, -0.05) is 35.9 Å². The number of piperazine rings is 1. The van der Waals surface area contributed by atoms with E-state index in [4.69, 9.17) is 16.3 Å². The number of aromatic nitrogens is 2. The summed E-state index contributed by atoms with van der Waals surface area (Å²) in [7, 11) is -2.15. The molecule has 0 saturated carbocycles. The quantitative estimate of drug-likeness (QED) is 0.581. The van der Waals surface area contributed by atoms with Gasteiger partial charge in [-0.3, -0.25) is 0 Å². The lowest BCUT2D eigenvalue weighted by Crippen LogP contribution is -2.48. The zero-order valence-corrected chi connectivity index (χ0v) is 18.9. The van der Waals surface area contributed by atoms with E-state index in [9.17, 15) is 8.42 Å². The summed E-state index contributed by atoms with van der Waals surface area (Å²) in [6, 6.07) is 14.5. The molecule has 1 fully saturated rings. The molecule has 0 bridgehead atoms. The third kappa shape index (κ3) is 4.37. The Morgan fingerprint density at radius 2 is 1.74 bits per heavy atom. The summed E-state index contributed by atoms with van der Waals surface area (Å²) in [4.78, 5) is 11.1. The Bertz CT molecular complexity index is 1190. The lowest BCUT2D eigenvalue weighted by molar-refractivity contribution is 0.383. The first kappa shape index (κ1) is 21.5. The van der Waals surface area contributed by atoms with Gasteiger partial charge in [0.2, 0.25) is 10.0 Å². The van der Waals surface area contributed by atoms with Crippen molar-refractivity contribution >= 4 is 27.4 Å². The van der Waals surface area contributed by atoms with Crippen molar-refractivity contribution in [3.05, 3.63) is 65.4 Å². The summed E-state index contributed by atoms with van der Waals surface area (Å²) in [5, 5.41) is 0.270. The molecule has 1 saturated heterocycles. The van der Waals surface area contributed by atoms with Crippen LogP contribution >= 0.6 is 11.6 Å². The number of nitrogens with zero attached hydrogens (tertiary/aromatic N) is 4. The number of hydrogen-bond acceptors (Lipinski definition) is 6. The van der Waals surface area contributed by atoms with Gasteiger partial charge in [-0.15, -0.1) is 0 Å². The molecular weight excluding hydrogens is 436 g/mol. The fraction of sp³-hybridized carbons (Fsp3) is 0.273. The predicted molar refractivity (Wildman–Crippen MR) is 121 cm³/mol. The fourth-order valence-electron chi connectivity index (χ4n) is 3.64. The fourth-order valence-corrected chi connectivity index (χ4v) is 5.41. The van der Waals surface area contributed by atoms with Gasteiger partial charge in [0.05, 0.1) is 22.7 Å². The number of halogens is 1. The van der Waals surface area contributed by atoms with E-state index < -0.39 is 10.0 Å². The second-order valence-corrected chi connectivity index (χ2v) is 9.61. The van der Waals surface area contributed by atoms with Gasteiger partial charge < -0.3 is 9.64 Å². The van der Waals surface area contributed by atoms with Crippen molar-refractivity contribution in [3.8, 4) is 17.0 Å². The Labute approximate surface area is 187 Å². The van der Waals surface area contributed by atoms with Crippen molar-refractivity contribution in [2.75, 3.05) is 38.2 Å². The third-order valence-corrected chi connectivity index (χ3v) is 7.59. The first-order valence-corrected chi connectivity index (χ1v) is 11.7. The number of rotatable bonds is 5. The van der Waals surface area contributed by atoms with Crippen LogP contribution in [-0.2, 0) is 10.0 Å². The lowest BCUT2D eigenvalue weighted by atomic mass is 10.1. The van der Waals surface area contributed by atoms with Gasteiger partial charge in [-0.25, -0.2) is 18.4 Å². The second-order valence-electron chi connectivity index (χ2n) is 7.26. The van der Waals surface area contributed by atoms with E-state index in [1.165, 1.54) is 23.5 Å². The molecule has 0 amide bonds. The van der Waals surface area contributed by atoms with Crippen LogP contribution < -0.4 is 9.64 Å². The van der Waals surface area contributed by atoms with E-state index in [-0.39, 0.29) is 9.92 Å². The molecule has 1 aliphatic heterocycles. The van der Waals surface area contributed by atoms with E-state index in [0.29, 0.717) is 31.9 Å². The minimum absolute atomic E-state index is 0.163. The molecule has 3 aromatic rings. The minimum Gasteiger partial charge on any atom is -0.495 e. The van der Waals surface area contributed by atoms with E-state index in [1.54, 1.807) is 12.4 Å². The summed E-state index contributed by atoms with van der Waals surface area (Å²) in [6.45, 7) is 3.83. The van der Waals surface area contributed by atoms with Crippen molar-refractivity contribution in [3.63, 3.8) is 0 Å². The summed E-state index contributed by atoms with van der Waals surface area (Å²) < 4.78 is 32.7. The normalized spacial score (nSPS) is 15.1. The lowest BCUT2D eigenvalue weighted by Gasteiger charge is -2.34. The van der Waals surface area contributed by atoms with Crippen LogP contribution in [0, 0.1) is 6.92 Å². The molecule has 0 spiro atoms. The van der Waals surface area contributed by atoms with Crippen LogP contribution in [0.15, 0.2) is 59.8 Å².